The molecule has 13 rings (SSSR count). The Hall–Kier alpha value is -7.20. The van der Waals surface area contributed by atoms with Crippen molar-refractivity contribution in [1.29, 1.82) is 0 Å². The summed E-state index contributed by atoms with van der Waals surface area (Å²) in [6, 6.07) is 73.9. The standard InChI is InChI=1S/C58H39NOS/c1-57(2)45-25-10-6-19-38(45)41-34-33-37(35-49(41)57)59(51-30-15-23-43-42-22-9-13-32-53(42)61-56(43)51)50-29-16-31-52-54(50)44-24-14-28-48(55(44)60-52)58(36-17-4-3-5-18-36)46-26-11-7-20-39(46)40-21-8-12-27-47(40)58/h3-35H,1-2H3. The highest BCUT2D eigenvalue weighted by molar-refractivity contribution is 7.26. The van der Waals surface area contributed by atoms with Crippen LogP contribution >= 0.6 is 11.3 Å². The molecule has 9 aromatic carbocycles. The second-order valence-corrected chi connectivity index (χ2v) is 18.2. The highest BCUT2D eigenvalue weighted by atomic mass is 32.1. The first-order valence-electron chi connectivity index (χ1n) is 21.2. The van der Waals surface area contributed by atoms with Crippen molar-refractivity contribution in [3.05, 3.63) is 234 Å². The molecule has 0 spiro atoms. The SMILES string of the molecule is CC1(C)c2ccccc2-c2ccc(N(c3cccc4c3sc3ccccc34)c3cccc4oc5c(C6(c7ccccc7)c7ccccc7-c7ccccc76)cccc5c34)cc21. The van der Waals surface area contributed by atoms with E-state index in [9.17, 15) is 0 Å². The third-order valence-corrected chi connectivity index (χ3v) is 15.0. The van der Waals surface area contributed by atoms with Gasteiger partial charge in [-0.3, -0.25) is 0 Å². The third kappa shape index (κ3) is 4.62. The van der Waals surface area contributed by atoms with Gasteiger partial charge in [0.25, 0.3) is 0 Å². The van der Waals surface area contributed by atoms with Gasteiger partial charge in [0.15, 0.2) is 0 Å². The molecule has 11 aromatic rings. The van der Waals surface area contributed by atoms with Gasteiger partial charge in [0.05, 0.1) is 26.9 Å². The van der Waals surface area contributed by atoms with E-state index in [1.165, 1.54) is 70.2 Å². The van der Waals surface area contributed by atoms with Crippen molar-refractivity contribution in [2.45, 2.75) is 24.7 Å². The molecule has 2 heterocycles. The number of hydrogen-bond donors (Lipinski definition) is 0. The van der Waals surface area contributed by atoms with Crippen LogP contribution in [-0.2, 0) is 10.8 Å². The smallest absolute Gasteiger partial charge is 0.140 e. The lowest BCUT2D eigenvalue weighted by Crippen LogP contribution is -2.28. The fourth-order valence-corrected chi connectivity index (χ4v) is 12.3. The molecule has 0 atom stereocenters. The van der Waals surface area contributed by atoms with Crippen LogP contribution in [0.15, 0.2) is 205 Å². The maximum Gasteiger partial charge on any atom is 0.140 e. The Bertz CT molecular complexity index is 3540. The molecule has 0 amide bonds. The van der Waals surface area contributed by atoms with Gasteiger partial charge in [-0.25, -0.2) is 0 Å². The summed E-state index contributed by atoms with van der Waals surface area (Å²) >= 11 is 1.87. The molecule has 61 heavy (non-hydrogen) atoms. The Morgan fingerprint density at radius 3 is 1.80 bits per heavy atom. The minimum Gasteiger partial charge on any atom is -0.456 e. The van der Waals surface area contributed by atoms with E-state index < -0.39 is 5.41 Å². The van der Waals surface area contributed by atoms with E-state index in [1.54, 1.807) is 0 Å². The van der Waals surface area contributed by atoms with Crippen molar-refractivity contribution < 1.29 is 4.42 Å². The highest BCUT2D eigenvalue weighted by Gasteiger charge is 2.47. The molecule has 2 aromatic heterocycles. The normalized spacial score (nSPS) is 14.3. The molecular weight excluding hydrogens is 759 g/mol. The molecule has 3 heteroatoms. The molecule has 0 bridgehead atoms. The Morgan fingerprint density at radius 1 is 0.443 bits per heavy atom. The van der Waals surface area contributed by atoms with Crippen molar-refractivity contribution in [3.8, 4) is 22.3 Å². The minimum absolute atomic E-state index is 0.153. The summed E-state index contributed by atoms with van der Waals surface area (Å²) in [5.41, 5.74) is 17.2. The van der Waals surface area contributed by atoms with Crippen molar-refractivity contribution >= 4 is 70.5 Å². The molecule has 2 aliphatic carbocycles. The molecule has 0 unspecified atom stereocenters. The monoisotopic (exact) mass is 797 g/mol. The van der Waals surface area contributed by atoms with Gasteiger partial charge in [0.1, 0.15) is 11.2 Å². The fourth-order valence-electron chi connectivity index (χ4n) is 11.1. The summed E-state index contributed by atoms with van der Waals surface area (Å²) in [6.45, 7) is 4.73. The first kappa shape index (κ1) is 34.6. The van der Waals surface area contributed by atoms with Crippen LogP contribution in [0.5, 0.6) is 0 Å². The number of furan rings is 1. The number of para-hydroxylation sites is 1. The van der Waals surface area contributed by atoms with Crippen LogP contribution in [0.4, 0.5) is 17.1 Å². The van der Waals surface area contributed by atoms with Crippen LogP contribution in [0.25, 0.3) is 64.4 Å². The van der Waals surface area contributed by atoms with Gasteiger partial charge in [-0.15, -0.1) is 11.3 Å². The first-order chi connectivity index (χ1) is 30.0. The van der Waals surface area contributed by atoms with Crippen LogP contribution < -0.4 is 4.90 Å². The van der Waals surface area contributed by atoms with E-state index in [2.05, 4.69) is 219 Å². The summed E-state index contributed by atoms with van der Waals surface area (Å²) in [6.07, 6.45) is 0. The van der Waals surface area contributed by atoms with Gasteiger partial charge >= 0.3 is 0 Å². The number of nitrogens with zero attached hydrogens (tertiary/aromatic N) is 1. The maximum absolute atomic E-state index is 7.30. The minimum atomic E-state index is -0.592. The van der Waals surface area contributed by atoms with Crippen molar-refractivity contribution in [3.63, 3.8) is 0 Å². The Morgan fingerprint density at radius 2 is 1.02 bits per heavy atom. The molecular formula is C58H39NOS. The van der Waals surface area contributed by atoms with Crippen molar-refractivity contribution in [2.24, 2.45) is 0 Å². The number of anilines is 3. The zero-order chi connectivity index (χ0) is 40.5. The largest absolute Gasteiger partial charge is 0.456 e. The lowest BCUT2D eigenvalue weighted by Gasteiger charge is -2.33. The summed E-state index contributed by atoms with van der Waals surface area (Å²) in [7, 11) is 0. The van der Waals surface area contributed by atoms with Crippen LogP contribution in [0.1, 0.15) is 47.2 Å². The molecule has 0 fully saturated rings. The Kier molecular flexibility index (Phi) is 7.19. The van der Waals surface area contributed by atoms with E-state index >= 15 is 0 Å². The van der Waals surface area contributed by atoms with Crippen molar-refractivity contribution in [2.75, 3.05) is 4.90 Å². The second-order valence-electron chi connectivity index (χ2n) is 17.1. The van der Waals surface area contributed by atoms with Crippen LogP contribution in [0.2, 0.25) is 0 Å². The summed E-state index contributed by atoms with van der Waals surface area (Å²) in [5.74, 6) is 0. The zero-order valence-corrected chi connectivity index (χ0v) is 34.6. The maximum atomic E-state index is 7.30. The topological polar surface area (TPSA) is 16.4 Å². The van der Waals surface area contributed by atoms with E-state index in [0.29, 0.717) is 0 Å². The number of benzene rings is 9. The molecule has 2 nitrogen and oxygen atoms in total. The quantitative estimate of drug-likeness (QED) is 0.172. The second kappa shape index (κ2) is 12.7. The van der Waals surface area contributed by atoms with Crippen molar-refractivity contribution in [1.82, 2.24) is 0 Å². The molecule has 288 valence electrons. The fraction of sp³-hybridized carbons (Fsp3) is 0.0690. The van der Waals surface area contributed by atoms with Crippen LogP contribution in [0.3, 0.4) is 0 Å². The van der Waals surface area contributed by atoms with E-state index in [-0.39, 0.29) is 5.41 Å². The highest BCUT2D eigenvalue weighted by Crippen LogP contribution is 2.59. The molecule has 0 saturated heterocycles. The summed E-state index contributed by atoms with van der Waals surface area (Å²) in [5, 5.41) is 4.76. The van der Waals surface area contributed by atoms with Gasteiger partial charge in [-0.2, -0.15) is 0 Å². The van der Waals surface area contributed by atoms with E-state index in [4.69, 9.17) is 4.42 Å². The number of thiophene rings is 1. The Balaban J connectivity index is 1.12. The average molecular weight is 798 g/mol. The van der Waals surface area contributed by atoms with Gasteiger partial charge in [0, 0.05) is 37.5 Å². The number of hydrogen-bond acceptors (Lipinski definition) is 3. The van der Waals surface area contributed by atoms with Gasteiger partial charge in [-0.1, -0.05) is 178 Å². The predicted molar refractivity (Wildman–Crippen MR) is 256 cm³/mol. The number of rotatable bonds is 5. The first-order valence-corrected chi connectivity index (χ1v) is 22.0. The lowest BCUT2D eigenvalue weighted by atomic mass is 9.67. The zero-order valence-electron chi connectivity index (χ0n) is 33.8. The van der Waals surface area contributed by atoms with E-state index in [0.717, 1.165) is 44.6 Å². The lowest BCUT2D eigenvalue weighted by molar-refractivity contribution is 0.648. The molecule has 2 aliphatic rings. The summed E-state index contributed by atoms with van der Waals surface area (Å²) in [4.78, 5) is 2.51. The van der Waals surface area contributed by atoms with Gasteiger partial charge in [0.2, 0.25) is 0 Å². The molecule has 0 N–H and O–H groups in total. The summed E-state index contributed by atoms with van der Waals surface area (Å²) < 4.78 is 9.85. The van der Waals surface area contributed by atoms with E-state index in [1.807, 2.05) is 11.3 Å². The predicted octanol–water partition coefficient (Wildman–Crippen LogP) is 16.1. The number of fused-ring (bicyclic) bond motifs is 12. The van der Waals surface area contributed by atoms with Gasteiger partial charge in [-0.05, 0) is 86.5 Å². The average Bonchev–Trinajstić information content (AvgIpc) is 4.04. The Labute approximate surface area is 358 Å². The molecule has 0 saturated carbocycles. The molecule has 0 radical (unpaired) electrons. The van der Waals surface area contributed by atoms with Crippen LogP contribution in [0, 0.1) is 0 Å². The molecule has 0 aliphatic heterocycles. The van der Waals surface area contributed by atoms with Crippen LogP contribution in [-0.4, -0.2) is 0 Å². The third-order valence-electron chi connectivity index (χ3n) is 13.8. The van der Waals surface area contributed by atoms with Gasteiger partial charge < -0.3 is 9.32 Å².